The Morgan fingerprint density at radius 1 is 1.28 bits per heavy atom. The molecular weight excluding hydrogens is 314 g/mol. The van der Waals surface area contributed by atoms with E-state index >= 15 is 0 Å². The van der Waals surface area contributed by atoms with Crippen molar-refractivity contribution in [2.45, 2.75) is 26.7 Å². The van der Waals surface area contributed by atoms with Gasteiger partial charge in [-0.05, 0) is 47.6 Å². The molecule has 2 heterocycles. The number of hydrogen-bond acceptors (Lipinski definition) is 6. The lowest BCUT2D eigenvalue weighted by Crippen LogP contribution is -2.18. The van der Waals surface area contributed by atoms with Crippen molar-refractivity contribution in [1.29, 1.82) is 0 Å². The van der Waals surface area contributed by atoms with E-state index in [4.69, 9.17) is 5.73 Å². The Kier molecular flexibility index (Phi) is 4.99. The van der Waals surface area contributed by atoms with Crippen molar-refractivity contribution in [3.8, 4) is 0 Å². The highest BCUT2D eigenvalue weighted by Gasteiger charge is 2.16. The van der Waals surface area contributed by atoms with E-state index in [0.29, 0.717) is 6.54 Å². The van der Waals surface area contributed by atoms with Crippen LogP contribution in [0.25, 0.3) is 16.5 Å². The number of nitrogens with one attached hydrogen (secondary N) is 1. The number of allylic oxidation sites excluding steroid dienone is 1. The highest BCUT2D eigenvalue weighted by atomic mass is 16.3. The Bertz CT molecular complexity index is 826. The number of fused-ring (bicyclic) bond motifs is 1. The molecule has 4 N–H and O–H groups in total. The number of aliphatic imine (C=N–C) groups is 1. The van der Waals surface area contributed by atoms with Gasteiger partial charge in [-0.25, -0.2) is 4.98 Å². The molecule has 6 nitrogen and oxygen atoms in total. The van der Waals surface area contributed by atoms with Crippen molar-refractivity contribution in [2.24, 2.45) is 10.4 Å². The highest BCUT2D eigenvalue weighted by Crippen LogP contribution is 2.27. The number of nitrogens with two attached hydrogens (primary N) is 1. The SMILES string of the molecule is CC(C)(CO)CCCNc1nc(N)nc2cc(C3=CC=NC3)ccc12. The van der Waals surface area contributed by atoms with E-state index in [2.05, 4.69) is 40.2 Å². The highest BCUT2D eigenvalue weighted by molar-refractivity contribution is 5.95. The summed E-state index contributed by atoms with van der Waals surface area (Å²) in [6, 6.07) is 6.14. The molecule has 1 aromatic heterocycles. The van der Waals surface area contributed by atoms with Gasteiger partial charge in [0.15, 0.2) is 0 Å². The van der Waals surface area contributed by atoms with Crippen LogP contribution in [-0.4, -0.2) is 41.0 Å². The summed E-state index contributed by atoms with van der Waals surface area (Å²) < 4.78 is 0. The third-order valence-corrected chi connectivity index (χ3v) is 4.48. The van der Waals surface area contributed by atoms with E-state index in [1.54, 1.807) is 0 Å². The zero-order chi connectivity index (χ0) is 17.9. The summed E-state index contributed by atoms with van der Waals surface area (Å²) >= 11 is 0. The Morgan fingerprint density at radius 3 is 2.84 bits per heavy atom. The summed E-state index contributed by atoms with van der Waals surface area (Å²) in [6.07, 6.45) is 5.73. The van der Waals surface area contributed by atoms with Crippen LogP contribution in [-0.2, 0) is 0 Å². The number of rotatable bonds is 7. The van der Waals surface area contributed by atoms with E-state index < -0.39 is 0 Å². The fourth-order valence-electron chi connectivity index (χ4n) is 2.87. The maximum atomic E-state index is 9.33. The van der Waals surface area contributed by atoms with Crippen LogP contribution < -0.4 is 11.1 Å². The van der Waals surface area contributed by atoms with Crippen molar-refractivity contribution in [3.63, 3.8) is 0 Å². The second-order valence-corrected chi connectivity index (χ2v) is 7.20. The first-order valence-corrected chi connectivity index (χ1v) is 8.60. The van der Waals surface area contributed by atoms with Gasteiger partial charge in [0.2, 0.25) is 5.95 Å². The van der Waals surface area contributed by atoms with E-state index in [1.807, 2.05) is 24.4 Å². The van der Waals surface area contributed by atoms with Gasteiger partial charge in [0.25, 0.3) is 0 Å². The molecule has 0 radical (unpaired) electrons. The zero-order valence-electron chi connectivity index (χ0n) is 14.8. The minimum atomic E-state index is -0.0551. The molecule has 0 fully saturated rings. The summed E-state index contributed by atoms with van der Waals surface area (Å²) in [7, 11) is 0. The first kappa shape index (κ1) is 17.4. The standard InChI is InChI=1S/C19H25N5O/c1-19(2,12-25)7-3-8-22-17-15-5-4-13(14-6-9-21-11-14)10-16(15)23-18(20)24-17/h4-6,9-10,25H,3,7-8,11-12H2,1-2H3,(H3,20,22,23,24). The second kappa shape index (κ2) is 7.19. The molecule has 0 aliphatic carbocycles. The monoisotopic (exact) mass is 339 g/mol. The molecule has 0 atom stereocenters. The molecule has 0 amide bonds. The number of aromatic nitrogens is 2. The molecule has 1 aromatic carbocycles. The number of anilines is 2. The fraction of sp³-hybridized carbons (Fsp3) is 0.421. The van der Waals surface area contributed by atoms with Crippen LogP contribution in [0.1, 0.15) is 32.3 Å². The molecule has 0 unspecified atom stereocenters. The maximum Gasteiger partial charge on any atom is 0.222 e. The molecule has 0 bridgehead atoms. The van der Waals surface area contributed by atoms with Crippen LogP contribution in [0, 0.1) is 5.41 Å². The van der Waals surface area contributed by atoms with Crippen LogP contribution in [0.5, 0.6) is 0 Å². The quantitative estimate of drug-likeness (QED) is 0.674. The summed E-state index contributed by atoms with van der Waals surface area (Å²) in [4.78, 5) is 13.0. The Labute approximate surface area is 147 Å². The molecular formula is C19H25N5O. The van der Waals surface area contributed by atoms with Gasteiger partial charge in [0.1, 0.15) is 5.82 Å². The summed E-state index contributed by atoms with van der Waals surface area (Å²) in [5.74, 6) is 1.02. The number of nitrogen functional groups attached to an aromatic ring is 1. The first-order chi connectivity index (χ1) is 12.0. The predicted molar refractivity (Wildman–Crippen MR) is 104 cm³/mol. The molecule has 1 aliphatic heterocycles. The molecule has 3 rings (SSSR count). The minimum absolute atomic E-state index is 0.0551. The van der Waals surface area contributed by atoms with E-state index in [1.165, 1.54) is 5.57 Å². The number of aliphatic hydroxyl groups excluding tert-OH is 1. The summed E-state index contributed by atoms with van der Waals surface area (Å²) in [5, 5.41) is 13.7. The normalized spacial score (nSPS) is 14.1. The van der Waals surface area contributed by atoms with E-state index in [9.17, 15) is 5.11 Å². The van der Waals surface area contributed by atoms with Gasteiger partial charge in [0, 0.05) is 24.8 Å². The summed E-state index contributed by atoms with van der Waals surface area (Å²) in [5.41, 5.74) is 8.95. The predicted octanol–water partition coefficient (Wildman–Crippen LogP) is 2.89. The van der Waals surface area contributed by atoms with Crippen LogP contribution in [0.2, 0.25) is 0 Å². The fourth-order valence-corrected chi connectivity index (χ4v) is 2.87. The van der Waals surface area contributed by atoms with Crippen molar-refractivity contribution in [3.05, 3.63) is 29.8 Å². The number of benzene rings is 1. The van der Waals surface area contributed by atoms with Gasteiger partial charge in [-0.2, -0.15) is 4.98 Å². The molecule has 0 saturated heterocycles. The molecule has 132 valence electrons. The summed E-state index contributed by atoms with van der Waals surface area (Å²) in [6.45, 7) is 5.80. The van der Waals surface area contributed by atoms with Gasteiger partial charge in [0.05, 0.1) is 12.1 Å². The molecule has 2 aromatic rings. The van der Waals surface area contributed by atoms with Gasteiger partial charge in [-0.3, -0.25) is 4.99 Å². The Balaban J connectivity index is 1.76. The van der Waals surface area contributed by atoms with Gasteiger partial charge >= 0.3 is 0 Å². The Hall–Kier alpha value is -2.47. The minimum Gasteiger partial charge on any atom is -0.396 e. The number of hydrogen-bond donors (Lipinski definition) is 3. The maximum absolute atomic E-state index is 9.33. The van der Waals surface area contributed by atoms with Crippen molar-refractivity contribution >= 4 is 34.5 Å². The number of nitrogens with zero attached hydrogens (tertiary/aromatic N) is 3. The van der Waals surface area contributed by atoms with E-state index in [0.717, 1.165) is 41.7 Å². The molecule has 0 saturated carbocycles. The third kappa shape index (κ3) is 4.14. The van der Waals surface area contributed by atoms with Crippen molar-refractivity contribution in [2.75, 3.05) is 30.7 Å². The Morgan fingerprint density at radius 2 is 2.12 bits per heavy atom. The molecule has 6 heteroatoms. The van der Waals surface area contributed by atoms with E-state index in [-0.39, 0.29) is 18.0 Å². The lowest BCUT2D eigenvalue weighted by molar-refractivity contribution is 0.149. The average molecular weight is 339 g/mol. The van der Waals surface area contributed by atoms with Gasteiger partial charge in [-0.15, -0.1) is 0 Å². The topological polar surface area (TPSA) is 96.4 Å². The second-order valence-electron chi connectivity index (χ2n) is 7.20. The third-order valence-electron chi connectivity index (χ3n) is 4.48. The van der Waals surface area contributed by atoms with Crippen molar-refractivity contribution in [1.82, 2.24) is 9.97 Å². The first-order valence-electron chi connectivity index (χ1n) is 8.60. The zero-order valence-corrected chi connectivity index (χ0v) is 14.8. The largest absolute Gasteiger partial charge is 0.396 e. The lowest BCUT2D eigenvalue weighted by atomic mass is 9.89. The van der Waals surface area contributed by atoms with Crippen LogP contribution in [0.4, 0.5) is 11.8 Å². The smallest absolute Gasteiger partial charge is 0.222 e. The van der Waals surface area contributed by atoms with Crippen LogP contribution >= 0.6 is 0 Å². The van der Waals surface area contributed by atoms with Gasteiger partial charge < -0.3 is 16.2 Å². The van der Waals surface area contributed by atoms with Gasteiger partial charge in [-0.1, -0.05) is 19.9 Å². The van der Waals surface area contributed by atoms with Crippen LogP contribution in [0.3, 0.4) is 0 Å². The average Bonchev–Trinajstić information content (AvgIpc) is 3.12. The molecule has 25 heavy (non-hydrogen) atoms. The number of aliphatic hydroxyl groups is 1. The molecule has 1 aliphatic rings. The lowest BCUT2D eigenvalue weighted by Gasteiger charge is -2.21. The van der Waals surface area contributed by atoms with Crippen molar-refractivity contribution < 1.29 is 5.11 Å². The molecule has 0 spiro atoms. The van der Waals surface area contributed by atoms with Crippen LogP contribution in [0.15, 0.2) is 29.3 Å².